The normalized spacial score (nSPS) is 11.1. The molecule has 10 heteroatoms. The van der Waals surface area contributed by atoms with Gasteiger partial charge in [0.15, 0.2) is 0 Å². The summed E-state index contributed by atoms with van der Waals surface area (Å²) in [5.74, 6) is 0.364. The van der Waals surface area contributed by atoms with E-state index in [0.29, 0.717) is 29.6 Å². The molecular formula is C26H24ClN5O3S. The molecule has 0 aliphatic rings. The summed E-state index contributed by atoms with van der Waals surface area (Å²) in [5.41, 5.74) is 3.25. The van der Waals surface area contributed by atoms with E-state index in [1.54, 1.807) is 42.7 Å². The van der Waals surface area contributed by atoms with Crippen molar-refractivity contribution < 1.29 is 13.2 Å². The second kappa shape index (κ2) is 11.8. The molecule has 0 aliphatic carbocycles. The molecule has 0 saturated carbocycles. The first-order valence-corrected chi connectivity index (χ1v) is 13.0. The summed E-state index contributed by atoms with van der Waals surface area (Å²) in [6, 6.07) is 22.5. The Labute approximate surface area is 214 Å². The van der Waals surface area contributed by atoms with E-state index in [2.05, 4.69) is 25.3 Å². The van der Waals surface area contributed by atoms with Crippen LogP contribution in [0.15, 0.2) is 96.2 Å². The molecule has 1 heterocycles. The number of carbonyl (C=O) groups is 1. The van der Waals surface area contributed by atoms with Crippen molar-refractivity contribution in [3.63, 3.8) is 0 Å². The van der Waals surface area contributed by atoms with Gasteiger partial charge in [-0.05, 0) is 53.1 Å². The third-order valence-corrected chi connectivity index (χ3v) is 6.92. The van der Waals surface area contributed by atoms with Crippen LogP contribution in [0.1, 0.15) is 27.0 Å². The van der Waals surface area contributed by atoms with Crippen LogP contribution < -0.4 is 15.4 Å². The molecule has 1 aromatic heterocycles. The maximum Gasteiger partial charge on any atom is 0.251 e. The lowest BCUT2D eigenvalue weighted by Gasteiger charge is -2.09. The molecule has 0 spiro atoms. The Kier molecular flexibility index (Phi) is 8.27. The van der Waals surface area contributed by atoms with Crippen LogP contribution in [-0.4, -0.2) is 24.3 Å². The molecule has 3 N–H and O–H groups in total. The molecule has 184 valence electrons. The van der Waals surface area contributed by atoms with E-state index < -0.39 is 10.0 Å². The van der Waals surface area contributed by atoms with Crippen LogP contribution >= 0.6 is 11.6 Å². The maximum atomic E-state index is 12.5. The van der Waals surface area contributed by atoms with Crippen LogP contribution in [0, 0.1) is 0 Å². The van der Waals surface area contributed by atoms with Gasteiger partial charge in [-0.1, -0.05) is 54.1 Å². The summed E-state index contributed by atoms with van der Waals surface area (Å²) in [5, 5.41) is 6.38. The molecule has 0 saturated heterocycles. The van der Waals surface area contributed by atoms with Crippen LogP contribution in [0.2, 0.25) is 5.02 Å². The standard InChI is InChI=1S/C26H24ClN5O3S/c27-23-3-1-4-24(15-23)36(34,35)32-18-21-7-5-19(6-8-21)16-30-25(33)22-11-9-20(10-12-22)17-31-26-28-13-2-14-29-26/h1-15,32H,16-18H2,(H,30,33)(H,28,29,31). The molecule has 4 rings (SSSR count). The molecule has 4 aromatic rings. The Hall–Kier alpha value is -3.79. The lowest BCUT2D eigenvalue weighted by molar-refractivity contribution is 0.0951. The van der Waals surface area contributed by atoms with Crippen molar-refractivity contribution in [1.82, 2.24) is 20.0 Å². The van der Waals surface area contributed by atoms with Crippen molar-refractivity contribution in [2.24, 2.45) is 0 Å². The van der Waals surface area contributed by atoms with Crippen molar-refractivity contribution in [1.29, 1.82) is 0 Å². The van der Waals surface area contributed by atoms with Crippen LogP contribution in [0.3, 0.4) is 0 Å². The van der Waals surface area contributed by atoms with Gasteiger partial charge in [0.1, 0.15) is 0 Å². The zero-order chi connectivity index (χ0) is 25.4. The third-order valence-electron chi connectivity index (χ3n) is 5.28. The summed E-state index contributed by atoms with van der Waals surface area (Å²) in [4.78, 5) is 20.9. The van der Waals surface area contributed by atoms with E-state index in [9.17, 15) is 13.2 Å². The van der Waals surface area contributed by atoms with E-state index >= 15 is 0 Å². The highest BCUT2D eigenvalue weighted by Gasteiger charge is 2.14. The highest BCUT2D eigenvalue weighted by atomic mass is 35.5. The molecule has 0 atom stereocenters. The molecule has 8 nitrogen and oxygen atoms in total. The summed E-state index contributed by atoms with van der Waals surface area (Å²) in [6.07, 6.45) is 3.33. The molecular weight excluding hydrogens is 498 g/mol. The van der Waals surface area contributed by atoms with Gasteiger partial charge >= 0.3 is 0 Å². The summed E-state index contributed by atoms with van der Waals surface area (Å²) < 4.78 is 27.4. The average Bonchev–Trinajstić information content (AvgIpc) is 2.91. The highest BCUT2D eigenvalue weighted by Crippen LogP contribution is 2.16. The molecule has 3 aromatic carbocycles. The van der Waals surface area contributed by atoms with E-state index in [1.807, 2.05) is 36.4 Å². The molecule has 1 amide bonds. The summed E-state index contributed by atoms with van der Waals surface area (Å²) in [6.45, 7) is 1.04. The first-order valence-electron chi connectivity index (χ1n) is 11.1. The second-order valence-corrected chi connectivity index (χ2v) is 10.1. The fourth-order valence-electron chi connectivity index (χ4n) is 3.30. The fourth-order valence-corrected chi connectivity index (χ4v) is 4.62. The van der Waals surface area contributed by atoms with E-state index in [4.69, 9.17) is 11.6 Å². The van der Waals surface area contributed by atoms with Gasteiger partial charge in [0.05, 0.1) is 4.90 Å². The van der Waals surface area contributed by atoms with Gasteiger partial charge in [0.2, 0.25) is 16.0 Å². The van der Waals surface area contributed by atoms with Gasteiger partial charge in [-0.3, -0.25) is 4.79 Å². The van der Waals surface area contributed by atoms with Crippen LogP contribution in [0.4, 0.5) is 5.95 Å². The Morgan fingerprint density at radius 3 is 2.06 bits per heavy atom. The zero-order valence-electron chi connectivity index (χ0n) is 19.2. The van der Waals surface area contributed by atoms with Crippen molar-refractivity contribution >= 4 is 33.5 Å². The largest absolute Gasteiger partial charge is 0.350 e. The number of aromatic nitrogens is 2. The molecule has 36 heavy (non-hydrogen) atoms. The third kappa shape index (κ3) is 7.11. The quantitative estimate of drug-likeness (QED) is 0.289. The summed E-state index contributed by atoms with van der Waals surface area (Å²) in [7, 11) is -3.67. The number of rotatable bonds is 10. The van der Waals surface area contributed by atoms with Gasteiger partial charge in [-0.25, -0.2) is 23.1 Å². The Morgan fingerprint density at radius 1 is 0.778 bits per heavy atom. The molecule has 0 unspecified atom stereocenters. The molecule has 0 aliphatic heterocycles. The van der Waals surface area contributed by atoms with Gasteiger partial charge < -0.3 is 10.6 Å². The lowest BCUT2D eigenvalue weighted by Crippen LogP contribution is -2.23. The molecule has 0 bridgehead atoms. The smallest absolute Gasteiger partial charge is 0.251 e. The van der Waals surface area contributed by atoms with Crippen molar-refractivity contribution in [2.75, 3.05) is 5.32 Å². The van der Waals surface area contributed by atoms with Crippen LogP contribution in [0.5, 0.6) is 0 Å². The van der Waals surface area contributed by atoms with Gasteiger partial charge in [-0.15, -0.1) is 0 Å². The Morgan fingerprint density at radius 2 is 1.39 bits per heavy atom. The minimum absolute atomic E-state index is 0.115. The predicted molar refractivity (Wildman–Crippen MR) is 139 cm³/mol. The number of nitrogens with one attached hydrogen (secondary N) is 3. The van der Waals surface area contributed by atoms with Crippen LogP contribution in [0.25, 0.3) is 0 Å². The number of anilines is 1. The number of nitrogens with zero attached hydrogens (tertiary/aromatic N) is 2. The zero-order valence-corrected chi connectivity index (χ0v) is 20.8. The number of benzene rings is 3. The fraction of sp³-hybridized carbons (Fsp3) is 0.115. The molecule has 0 fully saturated rings. The highest BCUT2D eigenvalue weighted by molar-refractivity contribution is 7.89. The Balaban J connectivity index is 1.25. The van der Waals surface area contributed by atoms with E-state index in [-0.39, 0.29) is 17.3 Å². The first kappa shape index (κ1) is 25.3. The number of sulfonamides is 1. The van der Waals surface area contributed by atoms with Crippen molar-refractivity contribution in [3.8, 4) is 0 Å². The monoisotopic (exact) mass is 521 g/mol. The molecule has 0 radical (unpaired) electrons. The second-order valence-electron chi connectivity index (χ2n) is 7.90. The number of carbonyl (C=O) groups excluding carboxylic acids is 1. The minimum Gasteiger partial charge on any atom is -0.350 e. The number of amides is 1. The average molecular weight is 522 g/mol. The minimum atomic E-state index is -3.67. The van der Waals surface area contributed by atoms with Gasteiger partial charge in [0, 0.05) is 42.6 Å². The van der Waals surface area contributed by atoms with E-state index in [0.717, 1.165) is 16.7 Å². The number of halogens is 1. The van der Waals surface area contributed by atoms with Gasteiger partial charge in [-0.2, -0.15) is 0 Å². The topological polar surface area (TPSA) is 113 Å². The number of hydrogen-bond acceptors (Lipinski definition) is 6. The summed E-state index contributed by atoms with van der Waals surface area (Å²) >= 11 is 5.89. The van der Waals surface area contributed by atoms with Crippen LogP contribution in [-0.2, 0) is 29.7 Å². The SMILES string of the molecule is O=C(NCc1ccc(CNS(=O)(=O)c2cccc(Cl)c2)cc1)c1ccc(CNc2ncccn2)cc1. The maximum absolute atomic E-state index is 12.5. The van der Waals surface area contributed by atoms with E-state index in [1.165, 1.54) is 12.1 Å². The van der Waals surface area contributed by atoms with Crippen molar-refractivity contribution in [2.45, 2.75) is 24.5 Å². The number of hydrogen-bond donors (Lipinski definition) is 3. The van der Waals surface area contributed by atoms with Gasteiger partial charge in [0.25, 0.3) is 5.91 Å². The van der Waals surface area contributed by atoms with Crippen molar-refractivity contribution in [3.05, 3.63) is 119 Å². The lowest BCUT2D eigenvalue weighted by atomic mass is 10.1. The first-order chi connectivity index (χ1) is 17.4. The Bertz CT molecular complexity index is 1410. The predicted octanol–water partition coefficient (Wildman–Crippen LogP) is 4.15.